The summed E-state index contributed by atoms with van der Waals surface area (Å²) in [6.07, 6.45) is 11.2. The van der Waals surface area contributed by atoms with E-state index in [4.69, 9.17) is 0 Å². The van der Waals surface area contributed by atoms with Crippen LogP contribution in [0.1, 0.15) is 66.2 Å². The molecule has 0 amide bonds. The van der Waals surface area contributed by atoms with Crippen LogP contribution < -0.4 is 0 Å². The number of carboxylic acids is 1. The highest BCUT2D eigenvalue weighted by atomic mass is 16.4. The molecule has 2 unspecified atom stereocenters. The first-order valence-corrected chi connectivity index (χ1v) is 8.93. The summed E-state index contributed by atoms with van der Waals surface area (Å²) in [4.78, 5) is 11.9. The minimum absolute atomic E-state index is 0.161. The Morgan fingerprint density at radius 1 is 1.32 bits per heavy atom. The molecule has 3 aliphatic rings. The molecule has 3 aliphatic carbocycles. The van der Waals surface area contributed by atoms with Crippen molar-refractivity contribution in [2.24, 2.45) is 28.6 Å². The van der Waals surface area contributed by atoms with E-state index in [2.05, 4.69) is 32.9 Å². The highest BCUT2D eigenvalue weighted by Gasteiger charge is 2.57. The number of allylic oxidation sites excluding steroid dienone is 4. The summed E-state index contributed by atoms with van der Waals surface area (Å²) in [6, 6.07) is 0. The van der Waals surface area contributed by atoms with Crippen LogP contribution in [0, 0.1) is 28.6 Å². The maximum Gasteiger partial charge on any atom is 0.309 e. The monoisotopic (exact) mass is 302 g/mol. The molecule has 1 saturated carbocycles. The van der Waals surface area contributed by atoms with Crippen LogP contribution in [0.5, 0.6) is 0 Å². The van der Waals surface area contributed by atoms with Crippen molar-refractivity contribution < 1.29 is 9.90 Å². The zero-order valence-corrected chi connectivity index (χ0v) is 14.5. The second kappa shape index (κ2) is 5.25. The van der Waals surface area contributed by atoms with E-state index in [1.165, 1.54) is 24.8 Å². The van der Waals surface area contributed by atoms with E-state index < -0.39 is 11.4 Å². The van der Waals surface area contributed by atoms with Gasteiger partial charge in [-0.15, -0.1) is 0 Å². The molecule has 122 valence electrons. The number of carbonyl (C=O) groups is 1. The second-order valence-corrected chi connectivity index (χ2v) is 8.54. The van der Waals surface area contributed by atoms with Crippen molar-refractivity contribution in [2.75, 3.05) is 0 Å². The molecular weight excluding hydrogens is 272 g/mol. The van der Waals surface area contributed by atoms with Gasteiger partial charge >= 0.3 is 5.97 Å². The molecular formula is C20H30O2. The first-order chi connectivity index (χ1) is 10.3. The lowest BCUT2D eigenvalue weighted by Crippen LogP contribution is -2.53. The molecule has 3 rings (SSSR count). The third-order valence-electron chi connectivity index (χ3n) is 7.07. The van der Waals surface area contributed by atoms with Gasteiger partial charge in [-0.2, -0.15) is 0 Å². The Labute approximate surface area is 134 Å². The molecule has 0 aromatic carbocycles. The normalized spacial score (nSPS) is 41.3. The van der Waals surface area contributed by atoms with Gasteiger partial charge in [0.1, 0.15) is 0 Å². The summed E-state index contributed by atoms with van der Waals surface area (Å²) in [6.45, 7) is 8.93. The first kappa shape index (κ1) is 15.8. The van der Waals surface area contributed by atoms with Crippen LogP contribution in [0.25, 0.3) is 0 Å². The van der Waals surface area contributed by atoms with Crippen molar-refractivity contribution in [1.29, 1.82) is 0 Å². The predicted molar refractivity (Wildman–Crippen MR) is 89.5 cm³/mol. The van der Waals surface area contributed by atoms with Gasteiger partial charge in [0.15, 0.2) is 0 Å². The van der Waals surface area contributed by atoms with E-state index in [1.807, 2.05) is 6.92 Å². The number of rotatable bonds is 2. The fourth-order valence-corrected chi connectivity index (χ4v) is 5.60. The summed E-state index contributed by atoms with van der Waals surface area (Å²) in [5.41, 5.74) is 2.69. The quantitative estimate of drug-likeness (QED) is 0.760. The number of carboxylic acid groups (broad SMARTS) is 1. The van der Waals surface area contributed by atoms with E-state index >= 15 is 0 Å². The Bertz CT molecular complexity index is 542. The molecule has 0 bridgehead atoms. The molecule has 0 heterocycles. The van der Waals surface area contributed by atoms with Crippen molar-refractivity contribution in [3.8, 4) is 0 Å². The topological polar surface area (TPSA) is 37.3 Å². The highest BCUT2D eigenvalue weighted by molar-refractivity contribution is 5.75. The van der Waals surface area contributed by atoms with Gasteiger partial charge in [-0.1, -0.05) is 44.9 Å². The third kappa shape index (κ3) is 2.18. The van der Waals surface area contributed by atoms with Crippen molar-refractivity contribution in [3.05, 3.63) is 23.3 Å². The van der Waals surface area contributed by atoms with Gasteiger partial charge < -0.3 is 5.11 Å². The van der Waals surface area contributed by atoms with Crippen molar-refractivity contribution in [2.45, 2.75) is 66.2 Å². The Morgan fingerprint density at radius 2 is 2.05 bits per heavy atom. The maximum absolute atomic E-state index is 11.9. The van der Waals surface area contributed by atoms with E-state index in [0.29, 0.717) is 11.8 Å². The van der Waals surface area contributed by atoms with Crippen LogP contribution in [0.2, 0.25) is 0 Å². The summed E-state index contributed by atoms with van der Waals surface area (Å²) in [7, 11) is 0. The van der Waals surface area contributed by atoms with Crippen LogP contribution in [0.15, 0.2) is 23.3 Å². The maximum atomic E-state index is 11.9. The minimum Gasteiger partial charge on any atom is -0.481 e. The predicted octanol–water partition coefficient (Wildman–Crippen LogP) is 5.21. The van der Waals surface area contributed by atoms with Crippen LogP contribution in [0.4, 0.5) is 0 Å². The Balaban J connectivity index is 2.00. The SMILES string of the molecule is CC(C)C1=CC2=CCC3[C@@](C)(CCC[C@@]3(C)C(=O)O)C2CC1. The molecule has 0 radical (unpaired) electrons. The molecule has 2 nitrogen and oxygen atoms in total. The number of hydrogen-bond acceptors (Lipinski definition) is 1. The minimum atomic E-state index is -0.588. The van der Waals surface area contributed by atoms with E-state index in [-0.39, 0.29) is 11.3 Å². The van der Waals surface area contributed by atoms with Crippen LogP contribution in [-0.4, -0.2) is 11.1 Å². The van der Waals surface area contributed by atoms with Crippen molar-refractivity contribution >= 4 is 5.97 Å². The highest BCUT2D eigenvalue weighted by Crippen LogP contribution is 2.62. The molecule has 0 aromatic rings. The average molecular weight is 302 g/mol. The molecule has 0 saturated heterocycles. The van der Waals surface area contributed by atoms with Gasteiger partial charge in [-0.3, -0.25) is 4.79 Å². The lowest BCUT2D eigenvalue weighted by Gasteiger charge is -2.57. The third-order valence-corrected chi connectivity index (χ3v) is 7.07. The molecule has 2 heteroatoms. The van der Waals surface area contributed by atoms with Gasteiger partial charge in [0.05, 0.1) is 5.41 Å². The Kier molecular flexibility index (Phi) is 3.78. The molecule has 0 aliphatic heterocycles. The van der Waals surface area contributed by atoms with Crippen LogP contribution in [-0.2, 0) is 4.79 Å². The summed E-state index contributed by atoms with van der Waals surface area (Å²) < 4.78 is 0. The van der Waals surface area contributed by atoms with Crippen LogP contribution >= 0.6 is 0 Å². The average Bonchev–Trinajstić information content (AvgIpc) is 2.46. The van der Waals surface area contributed by atoms with Gasteiger partial charge in [0.2, 0.25) is 0 Å². The lowest BCUT2D eigenvalue weighted by molar-refractivity contribution is -0.162. The van der Waals surface area contributed by atoms with Gasteiger partial charge in [0, 0.05) is 0 Å². The van der Waals surface area contributed by atoms with Crippen LogP contribution in [0.3, 0.4) is 0 Å². The standard InChI is InChI=1S/C20H30O2/c1-13(2)14-6-8-16-15(12-14)7-9-17-19(16,3)10-5-11-20(17,4)18(21)22/h7,12-13,16-17H,5-6,8-11H2,1-4H3,(H,21,22)/t16?,17?,19-,20+/m0/s1. The molecule has 22 heavy (non-hydrogen) atoms. The zero-order chi connectivity index (χ0) is 16.1. The summed E-state index contributed by atoms with van der Waals surface area (Å²) >= 11 is 0. The molecule has 1 N–H and O–H groups in total. The van der Waals surface area contributed by atoms with E-state index in [0.717, 1.165) is 19.3 Å². The Morgan fingerprint density at radius 3 is 2.68 bits per heavy atom. The summed E-state index contributed by atoms with van der Waals surface area (Å²) in [5, 5.41) is 9.83. The van der Waals surface area contributed by atoms with Gasteiger partial charge in [-0.25, -0.2) is 0 Å². The first-order valence-electron chi connectivity index (χ1n) is 8.93. The second-order valence-electron chi connectivity index (χ2n) is 8.54. The molecule has 0 spiro atoms. The molecule has 4 atom stereocenters. The fraction of sp³-hybridized carbons (Fsp3) is 0.750. The van der Waals surface area contributed by atoms with Gasteiger partial charge in [-0.05, 0) is 67.8 Å². The fourth-order valence-electron chi connectivity index (χ4n) is 5.60. The summed E-state index contributed by atoms with van der Waals surface area (Å²) in [5.74, 6) is 0.888. The van der Waals surface area contributed by atoms with Crippen molar-refractivity contribution in [3.63, 3.8) is 0 Å². The number of hydrogen-bond donors (Lipinski definition) is 1. The smallest absolute Gasteiger partial charge is 0.309 e. The van der Waals surface area contributed by atoms with Gasteiger partial charge in [0.25, 0.3) is 0 Å². The van der Waals surface area contributed by atoms with Crippen molar-refractivity contribution in [1.82, 2.24) is 0 Å². The molecule has 1 fully saturated rings. The number of aliphatic carboxylic acids is 1. The van der Waals surface area contributed by atoms with E-state index in [9.17, 15) is 9.90 Å². The number of fused-ring (bicyclic) bond motifs is 3. The zero-order valence-electron chi connectivity index (χ0n) is 14.5. The molecule has 0 aromatic heterocycles. The lowest BCUT2D eigenvalue weighted by atomic mass is 9.47. The largest absolute Gasteiger partial charge is 0.481 e. The Hall–Kier alpha value is -1.05. The van der Waals surface area contributed by atoms with E-state index in [1.54, 1.807) is 5.57 Å².